The lowest BCUT2D eigenvalue weighted by Crippen LogP contribution is -2.38. The molecule has 218 valence electrons. The average Bonchev–Trinajstić information content (AvgIpc) is 3.66. The second kappa shape index (κ2) is 13.3. The molecule has 0 saturated carbocycles. The minimum atomic E-state index is -0.989. The third-order valence-electron chi connectivity index (χ3n) is 8.71. The van der Waals surface area contributed by atoms with E-state index in [4.69, 9.17) is 14.5 Å². The molecule has 2 aromatic rings. The molecule has 3 atom stereocenters. The van der Waals surface area contributed by atoms with Crippen LogP contribution in [0.2, 0.25) is 0 Å². The molecule has 1 aromatic heterocycles. The number of aryl methyl sites for hydroxylation is 2. The number of nitrogens with zero attached hydrogens (tertiary/aromatic N) is 3. The van der Waals surface area contributed by atoms with Crippen LogP contribution < -0.4 is 10.1 Å². The zero-order valence-corrected chi connectivity index (χ0v) is 23.8. The number of benzene rings is 1. The van der Waals surface area contributed by atoms with Gasteiger partial charge in [0.2, 0.25) is 0 Å². The Bertz CT molecular complexity index is 1170. The molecule has 0 spiro atoms. The van der Waals surface area contributed by atoms with Crippen LogP contribution in [0.5, 0.6) is 5.75 Å². The number of aliphatic carboxylic acids is 1. The number of fused-ring (bicyclic) bond motifs is 1. The molecular weight excluding hydrogens is 511 g/mol. The van der Waals surface area contributed by atoms with Gasteiger partial charge in [-0.05, 0) is 94.3 Å². The zero-order valence-electron chi connectivity index (χ0n) is 23.8. The summed E-state index contributed by atoms with van der Waals surface area (Å²) < 4.78 is 26.2. The third-order valence-corrected chi connectivity index (χ3v) is 8.71. The Hall–Kier alpha value is -2.75. The molecule has 0 amide bonds. The predicted octanol–water partition coefficient (Wildman–Crippen LogP) is 4.98. The van der Waals surface area contributed by atoms with Crippen LogP contribution in [0.15, 0.2) is 24.3 Å². The van der Waals surface area contributed by atoms with E-state index in [0.717, 1.165) is 76.0 Å². The van der Waals surface area contributed by atoms with Gasteiger partial charge in [-0.25, -0.2) is 9.37 Å². The summed E-state index contributed by atoms with van der Waals surface area (Å²) >= 11 is 0. The minimum absolute atomic E-state index is 0.00940. The number of ether oxygens (including phenoxy) is 2. The lowest BCUT2D eigenvalue weighted by molar-refractivity contribution is -0.143. The maximum atomic E-state index is 15.1. The minimum Gasteiger partial charge on any atom is -0.493 e. The zero-order chi connectivity index (χ0) is 28.1. The molecule has 1 aromatic carbocycles. The van der Waals surface area contributed by atoms with Gasteiger partial charge in [0.25, 0.3) is 0 Å². The number of nitrogens with one attached hydrogen (secondary N) is 1. The van der Waals surface area contributed by atoms with Crippen molar-refractivity contribution in [3.63, 3.8) is 0 Å². The SMILES string of the molecule is COc1c(F)cc([C@H]2CCCO2)cc1C(C(=O)O)N1CC[C@@H](N(C)CCCCCc2ccc3c(n2)NCCC3)C1. The molecular formula is C31H43FN4O4. The first-order valence-electron chi connectivity index (χ1n) is 14.8. The van der Waals surface area contributed by atoms with Crippen molar-refractivity contribution < 1.29 is 23.8 Å². The molecule has 8 nitrogen and oxygen atoms in total. The maximum absolute atomic E-state index is 15.1. The van der Waals surface area contributed by atoms with E-state index in [9.17, 15) is 9.90 Å². The largest absolute Gasteiger partial charge is 0.493 e. The van der Waals surface area contributed by atoms with Gasteiger partial charge in [0.05, 0.1) is 13.2 Å². The second-order valence-electron chi connectivity index (χ2n) is 11.4. The lowest BCUT2D eigenvalue weighted by Gasteiger charge is -2.29. The molecule has 3 aliphatic rings. The van der Waals surface area contributed by atoms with Crippen molar-refractivity contribution in [2.75, 3.05) is 52.3 Å². The molecule has 5 rings (SSSR count). The highest BCUT2D eigenvalue weighted by atomic mass is 19.1. The van der Waals surface area contributed by atoms with Crippen molar-refractivity contribution in [3.05, 3.63) is 52.5 Å². The first-order chi connectivity index (χ1) is 19.4. The fourth-order valence-corrected chi connectivity index (χ4v) is 6.46. The molecule has 3 aliphatic heterocycles. The molecule has 9 heteroatoms. The Morgan fingerprint density at radius 2 is 2.15 bits per heavy atom. The Kier molecular flexibility index (Phi) is 9.55. The van der Waals surface area contributed by atoms with Gasteiger partial charge in [-0.2, -0.15) is 0 Å². The van der Waals surface area contributed by atoms with Crippen LogP contribution in [0.3, 0.4) is 0 Å². The Morgan fingerprint density at radius 1 is 1.27 bits per heavy atom. The topological polar surface area (TPSA) is 87.2 Å². The Balaban J connectivity index is 1.14. The number of likely N-dealkylation sites (N-methyl/N-ethyl adjacent to an activating group) is 1. The molecule has 2 saturated heterocycles. The van der Waals surface area contributed by atoms with E-state index in [1.807, 2.05) is 4.90 Å². The number of hydrogen-bond acceptors (Lipinski definition) is 7. The van der Waals surface area contributed by atoms with Crippen LogP contribution in [0, 0.1) is 5.82 Å². The number of carboxylic acids is 1. The van der Waals surface area contributed by atoms with Crippen molar-refractivity contribution in [1.82, 2.24) is 14.8 Å². The molecule has 1 unspecified atom stereocenters. The number of rotatable bonds is 12. The number of halogens is 1. The van der Waals surface area contributed by atoms with Gasteiger partial charge in [-0.1, -0.05) is 12.5 Å². The van der Waals surface area contributed by atoms with E-state index in [2.05, 4.69) is 29.4 Å². The predicted molar refractivity (Wildman–Crippen MR) is 152 cm³/mol. The first-order valence-corrected chi connectivity index (χ1v) is 14.8. The summed E-state index contributed by atoms with van der Waals surface area (Å²) in [4.78, 5) is 21.6. The summed E-state index contributed by atoms with van der Waals surface area (Å²) in [7, 11) is 3.52. The third kappa shape index (κ3) is 6.58. The van der Waals surface area contributed by atoms with Crippen molar-refractivity contribution in [2.24, 2.45) is 0 Å². The van der Waals surface area contributed by atoms with E-state index in [1.165, 1.54) is 25.2 Å². The molecule has 0 radical (unpaired) electrons. The highest BCUT2D eigenvalue weighted by Crippen LogP contribution is 2.39. The van der Waals surface area contributed by atoms with Gasteiger partial charge in [0.15, 0.2) is 11.6 Å². The summed E-state index contributed by atoms with van der Waals surface area (Å²) in [6.07, 6.45) is 8.97. The number of pyridine rings is 1. The normalized spacial score (nSPS) is 21.8. The number of hydrogen-bond donors (Lipinski definition) is 2. The number of anilines is 1. The highest BCUT2D eigenvalue weighted by molar-refractivity contribution is 5.77. The maximum Gasteiger partial charge on any atom is 0.325 e. The number of aromatic nitrogens is 1. The van der Waals surface area contributed by atoms with Crippen LogP contribution in [0.1, 0.15) is 79.5 Å². The van der Waals surface area contributed by atoms with E-state index in [1.54, 1.807) is 6.07 Å². The van der Waals surface area contributed by atoms with Gasteiger partial charge in [-0.3, -0.25) is 9.69 Å². The smallest absolute Gasteiger partial charge is 0.325 e. The Labute approximate surface area is 236 Å². The quantitative estimate of drug-likeness (QED) is 0.355. The van der Waals surface area contributed by atoms with Crippen LogP contribution in [-0.4, -0.2) is 78.8 Å². The first kappa shape index (κ1) is 28.8. The van der Waals surface area contributed by atoms with Gasteiger partial charge in [0, 0.05) is 43.5 Å². The molecule has 0 aliphatic carbocycles. The fourth-order valence-electron chi connectivity index (χ4n) is 6.46. The highest BCUT2D eigenvalue weighted by Gasteiger charge is 2.38. The average molecular weight is 555 g/mol. The standard InChI is InChI=1S/C31H43FN4O4/c1-35(15-5-3-4-9-23-12-11-21-8-6-14-33-30(21)34-23)24-13-16-36(20-24)28(31(37)38)25-18-22(27-10-7-17-40-27)19-26(32)29(25)39-2/h11-12,18-19,24,27-28H,3-10,13-17,20H2,1-2H3,(H,33,34)(H,37,38)/t24-,27-,28?/m1/s1. The second-order valence-corrected chi connectivity index (χ2v) is 11.4. The number of likely N-dealkylation sites (tertiary alicyclic amines) is 1. The monoisotopic (exact) mass is 554 g/mol. The van der Waals surface area contributed by atoms with Crippen molar-refractivity contribution in [2.45, 2.75) is 76.0 Å². The number of methoxy groups -OCH3 is 1. The van der Waals surface area contributed by atoms with E-state index in [0.29, 0.717) is 30.8 Å². The lowest BCUT2D eigenvalue weighted by atomic mass is 9.97. The van der Waals surface area contributed by atoms with E-state index in [-0.39, 0.29) is 17.9 Å². The fraction of sp³-hybridized carbons (Fsp3) is 0.613. The molecule has 4 heterocycles. The summed E-state index contributed by atoms with van der Waals surface area (Å²) in [6.45, 7) is 3.86. The number of unbranched alkanes of at least 4 members (excludes halogenated alkanes) is 2. The summed E-state index contributed by atoms with van der Waals surface area (Å²) in [6, 6.07) is 6.88. The summed E-state index contributed by atoms with van der Waals surface area (Å²) in [5.41, 5.74) is 3.54. The number of carboxylic acid groups (broad SMARTS) is 1. The summed E-state index contributed by atoms with van der Waals surface area (Å²) in [5, 5.41) is 13.7. The van der Waals surface area contributed by atoms with Crippen molar-refractivity contribution >= 4 is 11.8 Å². The molecule has 2 fully saturated rings. The van der Waals surface area contributed by atoms with Gasteiger partial charge in [-0.15, -0.1) is 0 Å². The molecule has 0 bridgehead atoms. The van der Waals surface area contributed by atoms with Gasteiger partial charge < -0.3 is 24.8 Å². The molecule has 2 N–H and O–H groups in total. The molecule has 40 heavy (non-hydrogen) atoms. The van der Waals surface area contributed by atoms with Crippen LogP contribution in [0.25, 0.3) is 0 Å². The van der Waals surface area contributed by atoms with Crippen LogP contribution in [0.4, 0.5) is 10.2 Å². The van der Waals surface area contributed by atoms with E-state index < -0.39 is 17.8 Å². The van der Waals surface area contributed by atoms with Crippen molar-refractivity contribution in [3.8, 4) is 5.75 Å². The summed E-state index contributed by atoms with van der Waals surface area (Å²) in [5.74, 6) is -0.453. The van der Waals surface area contributed by atoms with Crippen molar-refractivity contribution in [1.29, 1.82) is 0 Å². The Morgan fingerprint density at radius 3 is 2.92 bits per heavy atom. The van der Waals surface area contributed by atoms with Crippen LogP contribution in [-0.2, 0) is 22.4 Å². The van der Waals surface area contributed by atoms with Gasteiger partial charge in [0.1, 0.15) is 11.9 Å². The number of carbonyl (C=O) groups is 1. The van der Waals surface area contributed by atoms with E-state index >= 15 is 4.39 Å². The van der Waals surface area contributed by atoms with Gasteiger partial charge >= 0.3 is 5.97 Å². The van der Waals surface area contributed by atoms with Crippen LogP contribution >= 0.6 is 0 Å².